The Labute approximate surface area is 128 Å². The maximum atomic E-state index is 5.79. The normalized spacial score (nSPS) is 35.7. The maximum Gasteiger partial charge on any atom is 0.0576 e. The van der Waals surface area contributed by atoms with Crippen molar-refractivity contribution in [3.8, 4) is 0 Å². The van der Waals surface area contributed by atoms with Crippen molar-refractivity contribution in [2.75, 3.05) is 11.9 Å². The second-order valence-corrected chi connectivity index (χ2v) is 7.45. The quantitative estimate of drug-likeness (QED) is 0.543. The summed E-state index contributed by atoms with van der Waals surface area (Å²) in [4.78, 5) is 0. The molecule has 0 amide bonds. The molecule has 1 heterocycles. The van der Waals surface area contributed by atoms with Crippen LogP contribution in [0.2, 0.25) is 0 Å². The Hall–Kier alpha value is 0.440. The van der Waals surface area contributed by atoms with E-state index < -0.39 is 0 Å². The van der Waals surface area contributed by atoms with E-state index in [4.69, 9.17) is 4.74 Å². The molecule has 1 aliphatic heterocycles. The fourth-order valence-electron chi connectivity index (χ4n) is 3.86. The summed E-state index contributed by atoms with van der Waals surface area (Å²) in [6, 6.07) is 0. The van der Waals surface area contributed by atoms with Crippen LogP contribution in [-0.2, 0) is 4.74 Å². The van der Waals surface area contributed by atoms with Gasteiger partial charge in [0.15, 0.2) is 0 Å². The molecule has 0 N–H and O–H groups in total. The average molecular weight is 331 g/mol. The monoisotopic (exact) mass is 330 g/mol. The summed E-state index contributed by atoms with van der Waals surface area (Å²) in [6.45, 7) is 3.32. The summed E-state index contributed by atoms with van der Waals surface area (Å²) in [6.07, 6.45) is 15.9. The molecule has 0 aromatic heterocycles. The predicted octanol–water partition coefficient (Wildman–Crippen LogP) is 5.71. The van der Waals surface area contributed by atoms with Gasteiger partial charge in [-0.2, -0.15) is 0 Å². The van der Waals surface area contributed by atoms with Gasteiger partial charge in [-0.05, 0) is 62.7 Å². The van der Waals surface area contributed by atoms with Crippen LogP contribution in [-0.4, -0.2) is 18.0 Å². The van der Waals surface area contributed by atoms with Crippen LogP contribution >= 0.6 is 15.9 Å². The molecule has 1 saturated carbocycles. The molecular weight excluding hydrogens is 300 g/mol. The molecule has 0 radical (unpaired) electrons. The van der Waals surface area contributed by atoms with E-state index in [0.717, 1.165) is 12.5 Å². The van der Waals surface area contributed by atoms with Crippen LogP contribution < -0.4 is 0 Å². The van der Waals surface area contributed by atoms with Crippen LogP contribution in [0.1, 0.15) is 77.6 Å². The molecular formula is C17H31BrO. The third kappa shape index (κ3) is 4.74. The molecule has 2 rings (SSSR count). The van der Waals surface area contributed by atoms with Gasteiger partial charge in [0.25, 0.3) is 0 Å². The van der Waals surface area contributed by atoms with Crippen LogP contribution in [0.5, 0.6) is 0 Å². The molecule has 2 aliphatic rings. The van der Waals surface area contributed by atoms with E-state index in [9.17, 15) is 0 Å². The Morgan fingerprint density at radius 1 is 1.16 bits per heavy atom. The van der Waals surface area contributed by atoms with Crippen LogP contribution in [0, 0.1) is 11.3 Å². The van der Waals surface area contributed by atoms with Crippen molar-refractivity contribution in [1.29, 1.82) is 0 Å². The van der Waals surface area contributed by atoms with E-state index >= 15 is 0 Å². The second kappa shape index (κ2) is 8.02. The minimum atomic E-state index is 0.578. The highest BCUT2D eigenvalue weighted by atomic mass is 79.9. The largest absolute Gasteiger partial charge is 0.378 e. The summed E-state index contributed by atoms with van der Waals surface area (Å²) >= 11 is 3.81. The number of rotatable bonds is 7. The number of unbranched alkanes of at least 4 members (excludes halogenated alkanes) is 1. The van der Waals surface area contributed by atoms with Crippen molar-refractivity contribution in [2.24, 2.45) is 11.3 Å². The minimum Gasteiger partial charge on any atom is -0.378 e. The van der Waals surface area contributed by atoms with Gasteiger partial charge in [0.05, 0.1) is 6.10 Å². The molecule has 2 heteroatoms. The van der Waals surface area contributed by atoms with Crippen molar-refractivity contribution in [3.63, 3.8) is 0 Å². The molecule has 19 heavy (non-hydrogen) atoms. The van der Waals surface area contributed by atoms with Crippen LogP contribution in [0.25, 0.3) is 0 Å². The summed E-state index contributed by atoms with van der Waals surface area (Å²) < 4.78 is 5.79. The molecule has 1 aliphatic carbocycles. The first kappa shape index (κ1) is 15.8. The third-order valence-electron chi connectivity index (χ3n) is 5.44. The summed E-state index contributed by atoms with van der Waals surface area (Å²) in [5, 5.41) is 1.20. The fraction of sp³-hybridized carbons (Fsp3) is 1.00. The van der Waals surface area contributed by atoms with Gasteiger partial charge < -0.3 is 4.74 Å². The van der Waals surface area contributed by atoms with Gasteiger partial charge in [0.1, 0.15) is 0 Å². The van der Waals surface area contributed by atoms with Gasteiger partial charge in [0.2, 0.25) is 0 Å². The zero-order valence-electron chi connectivity index (χ0n) is 12.6. The lowest BCUT2D eigenvalue weighted by atomic mass is 9.68. The second-order valence-electron chi connectivity index (χ2n) is 6.89. The number of hydrogen-bond acceptors (Lipinski definition) is 1. The van der Waals surface area contributed by atoms with Gasteiger partial charge >= 0.3 is 0 Å². The van der Waals surface area contributed by atoms with Gasteiger partial charge in [-0.15, -0.1) is 0 Å². The lowest BCUT2D eigenvalue weighted by molar-refractivity contribution is 0.0772. The molecule has 1 unspecified atom stereocenters. The number of ether oxygens (including phenoxy) is 1. The summed E-state index contributed by atoms with van der Waals surface area (Å²) in [5.74, 6) is 1.02. The number of alkyl halides is 1. The summed E-state index contributed by atoms with van der Waals surface area (Å²) in [5.41, 5.74) is 0.592. The lowest BCUT2D eigenvalue weighted by Gasteiger charge is -2.40. The fourth-order valence-corrected chi connectivity index (χ4v) is 4.70. The first-order valence-electron chi connectivity index (χ1n) is 8.45. The third-order valence-corrected chi connectivity index (χ3v) is 6.63. The standard InChI is InChI=1S/C17H31BrO/c1-2-3-5-15-7-10-17(14-18,11-8-15)12-9-16-6-4-13-19-16/h15-16H,2-14H2,1H3. The van der Waals surface area contributed by atoms with Crippen molar-refractivity contribution >= 4 is 15.9 Å². The van der Waals surface area contributed by atoms with Crippen molar-refractivity contribution in [3.05, 3.63) is 0 Å². The predicted molar refractivity (Wildman–Crippen MR) is 85.9 cm³/mol. The van der Waals surface area contributed by atoms with Crippen LogP contribution in [0.3, 0.4) is 0 Å². The van der Waals surface area contributed by atoms with E-state index in [-0.39, 0.29) is 0 Å². The minimum absolute atomic E-state index is 0.578. The zero-order valence-corrected chi connectivity index (χ0v) is 14.2. The van der Waals surface area contributed by atoms with E-state index in [1.165, 1.54) is 76.0 Å². The van der Waals surface area contributed by atoms with E-state index in [1.807, 2.05) is 0 Å². The number of hydrogen-bond donors (Lipinski definition) is 0. The topological polar surface area (TPSA) is 9.23 Å². The molecule has 0 bridgehead atoms. The molecule has 0 spiro atoms. The van der Waals surface area contributed by atoms with Crippen LogP contribution in [0.15, 0.2) is 0 Å². The highest BCUT2D eigenvalue weighted by molar-refractivity contribution is 9.09. The van der Waals surface area contributed by atoms with E-state index in [2.05, 4.69) is 22.9 Å². The molecule has 1 atom stereocenters. The first-order valence-corrected chi connectivity index (χ1v) is 9.58. The zero-order chi connectivity index (χ0) is 13.6. The Morgan fingerprint density at radius 2 is 1.95 bits per heavy atom. The molecule has 0 aromatic rings. The average Bonchev–Trinajstić information content (AvgIpc) is 2.97. The van der Waals surface area contributed by atoms with Gasteiger partial charge in [-0.25, -0.2) is 0 Å². The van der Waals surface area contributed by atoms with Gasteiger partial charge in [-0.3, -0.25) is 0 Å². The van der Waals surface area contributed by atoms with Gasteiger partial charge in [0, 0.05) is 11.9 Å². The van der Waals surface area contributed by atoms with E-state index in [1.54, 1.807) is 0 Å². The highest BCUT2D eigenvalue weighted by Crippen LogP contribution is 2.45. The molecule has 1 nitrogen and oxygen atoms in total. The summed E-state index contributed by atoms with van der Waals surface area (Å²) in [7, 11) is 0. The number of halogens is 1. The Balaban J connectivity index is 1.73. The van der Waals surface area contributed by atoms with Gasteiger partial charge in [-0.1, -0.05) is 42.1 Å². The molecule has 0 aromatic carbocycles. The first-order chi connectivity index (χ1) is 9.28. The van der Waals surface area contributed by atoms with E-state index in [0.29, 0.717) is 11.5 Å². The SMILES string of the molecule is CCCCC1CCC(CBr)(CCC2CCCO2)CC1. The molecule has 112 valence electrons. The van der Waals surface area contributed by atoms with Crippen LogP contribution in [0.4, 0.5) is 0 Å². The Morgan fingerprint density at radius 3 is 2.53 bits per heavy atom. The lowest BCUT2D eigenvalue weighted by Crippen LogP contribution is -2.30. The Kier molecular flexibility index (Phi) is 6.68. The highest BCUT2D eigenvalue weighted by Gasteiger charge is 2.34. The molecule has 1 saturated heterocycles. The van der Waals surface area contributed by atoms with Crippen molar-refractivity contribution in [2.45, 2.75) is 83.7 Å². The smallest absolute Gasteiger partial charge is 0.0576 e. The maximum absolute atomic E-state index is 5.79. The van der Waals surface area contributed by atoms with Crippen molar-refractivity contribution in [1.82, 2.24) is 0 Å². The molecule has 2 fully saturated rings. The Bertz CT molecular complexity index is 240. The van der Waals surface area contributed by atoms with Crippen molar-refractivity contribution < 1.29 is 4.74 Å².